The van der Waals surface area contributed by atoms with Gasteiger partial charge in [-0.05, 0) is 13.3 Å². The highest BCUT2D eigenvalue weighted by Crippen LogP contribution is 2.29. The minimum Gasteiger partial charge on any atom is -0.481 e. The van der Waals surface area contributed by atoms with Gasteiger partial charge in [0, 0.05) is 13.0 Å². The van der Waals surface area contributed by atoms with Crippen LogP contribution in [-0.4, -0.2) is 20.9 Å². The predicted octanol–water partition coefficient (Wildman–Crippen LogP) is 2.65. The van der Waals surface area contributed by atoms with Gasteiger partial charge in [-0.2, -0.15) is 5.10 Å². The molecule has 1 aromatic rings. The van der Waals surface area contributed by atoms with Gasteiger partial charge in [0.15, 0.2) is 0 Å². The van der Waals surface area contributed by atoms with Crippen LogP contribution in [0.4, 0.5) is 8.78 Å². The van der Waals surface area contributed by atoms with Crippen molar-refractivity contribution in [3.63, 3.8) is 0 Å². The Labute approximate surface area is 95.8 Å². The predicted molar refractivity (Wildman–Crippen MR) is 53.8 cm³/mol. The Morgan fingerprint density at radius 2 is 2.25 bits per heavy atom. The largest absolute Gasteiger partial charge is 0.481 e. The number of hydrogen-bond donors (Lipinski definition) is 1. The standard InChI is InChI=1S/C9H11ClF2N2O2/c1-5-7(10)8(9(11)12)14(13-5)4-2-3-6(15)16/h9H,2-4H2,1H3,(H,15,16). The Bertz CT molecular complexity index is 393. The highest BCUT2D eigenvalue weighted by Gasteiger charge is 2.21. The zero-order chi connectivity index (χ0) is 12.3. The number of aromatic nitrogens is 2. The van der Waals surface area contributed by atoms with E-state index >= 15 is 0 Å². The summed E-state index contributed by atoms with van der Waals surface area (Å²) in [4.78, 5) is 10.3. The third-order valence-corrected chi connectivity index (χ3v) is 2.53. The number of carboxylic acids is 1. The van der Waals surface area contributed by atoms with E-state index in [1.54, 1.807) is 0 Å². The lowest BCUT2D eigenvalue weighted by Gasteiger charge is -2.05. The lowest BCUT2D eigenvalue weighted by Crippen LogP contribution is -2.07. The second-order valence-corrected chi connectivity index (χ2v) is 3.68. The number of nitrogens with zero attached hydrogens (tertiary/aromatic N) is 2. The Morgan fingerprint density at radius 3 is 2.75 bits per heavy atom. The first-order chi connectivity index (χ1) is 7.43. The van der Waals surface area contributed by atoms with Gasteiger partial charge in [-0.15, -0.1) is 0 Å². The normalized spacial score (nSPS) is 11.1. The summed E-state index contributed by atoms with van der Waals surface area (Å²) in [6, 6.07) is 0. The van der Waals surface area contributed by atoms with Gasteiger partial charge in [0.1, 0.15) is 5.69 Å². The molecule has 0 spiro atoms. The molecule has 1 heterocycles. The number of alkyl halides is 2. The Hall–Kier alpha value is -1.17. The fourth-order valence-electron chi connectivity index (χ4n) is 1.34. The van der Waals surface area contributed by atoms with Crippen LogP contribution in [0.15, 0.2) is 0 Å². The number of aliphatic carboxylic acids is 1. The van der Waals surface area contributed by atoms with E-state index in [1.165, 1.54) is 6.92 Å². The van der Waals surface area contributed by atoms with Crippen molar-refractivity contribution in [2.24, 2.45) is 0 Å². The van der Waals surface area contributed by atoms with Gasteiger partial charge >= 0.3 is 5.97 Å². The fourth-order valence-corrected chi connectivity index (χ4v) is 1.55. The van der Waals surface area contributed by atoms with Gasteiger partial charge in [0.05, 0.1) is 10.7 Å². The molecule has 0 amide bonds. The van der Waals surface area contributed by atoms with E-state index in [1.807, 2.05) is 0 Å². The fraction of sp³-hybridized carbons (Fsp3) is 0.556. The lowest BCUT2D eigenvalue weighted by molar-refractivity contribution is -0.137. The van der Waals surface area contributed by atoms with Crippen LogP contribution in [0.5, 0.6) is 0 Å². The molecule has 0 aliphatic carbocycles. The van der Waals surface area contributed by atoms with Gasteiger partial charge in [-0.1, -0.05) is 11.6 Å². The third-order valence-electron chi connectivity index (χ3n) is 2.06. The van der Waals surface area contributed by atoms with Gasteiger partial charge in [-0.25, -0.2) is 8.78 Å². The number of halogens is 3. The molecule has 0 aromatic carbocycles. The number of rotatable bonds is 5. The van der Waals surface area contributed by atoms with Crippen molar-refractivity contribution in [2.45, 2.75) is 32.7 Å². The second-order valence-electron chi connectivity index (χ2n) is 3.31. The van der Waals surface area contributed by atoms with Gasteiger partial charge in [0.25, 0.3) is 6.43 Å². The van der Waals surface area contributed by atoms with Crippen LogP contribution in [0.2, 0.25) is 5.02 Å². The summed E-state index contributed by atoms with van der Waals surface area (Å²) in [6.45, 7) is 1.65. The zero-order valence-electron chi connectivity index (χ0n) is 8.58. The number of carbonyl (C=O) groups is 1. The van der Waals surface area contributed by atoms with Crippen LogP contribution < -0.4 is 0 Å². The smallest absolute Gasteiger partial charge is 0.303 e. The SMILES string of the molecule is Cc1nn(CCCC(=O)O)c(C(F)F)c1Cl. The second kappa shape index (κ2) is 5.25. The van der Waals surface area contributed by atoms with Gasteiger partial charge < -0.3 is 5.11 Å². The average Bonchev–Trinajstić information content (AvgIpc) is 2.42. The topological polar surface area (TPSA) is 55.1 Å². The maximum Gasteiger partial charge on any atom is 0.303 e. The van der Waals surface area contributed by atoms with Crippen molar-refractivity contribution in [1.29, 1.82) is 0 Å². The highest BCUT2D eigenvalue weighted by atomic mass is 35.5. The first kappa shape index (κ1) is 12.9. The molecule has 0 bridgehead atoms. The molecule has 0 aliphatic rings. The molecule has 0 radical (unpaired) electrons. The van der Waals surface area contributed by atoms with Crippen molar-refractivity contribution in [3.8, 4) is 0 Å². The van der Waals surface area contributed by atoms with E-state index in [0.717, 1.165) is 4.68 Å². The van der Waals surface area contributed by atoms with Crippen molar-refractivity contribution in [3.05, 3.63) is 16.4 Å². The average molecular weight is 253 g/mol. The molecule has 1 rings (SSSR count). The summed E-state index contributed by atoms with van der Waals surface area (Å²) in [5, 5.41) is 12.2. The van der Waals surface area contributed by atoms with E-state index in [9.17, 15) is 13.6 Å². The van der Waals surface area contributed by atoms with E-state index in [4.69, 9.17) is 16.7 Å². The lowest BCUT2D eigenvalue weighted by atomic mass is 10.3. The van der Waals surface area contributed by atoms with Gasteiger partial charge in [-0.3, -0.25) is 9.48 Å². The van der Waals surface area contributed by atoms with E-state index in [0.29, 0.717) is 5.69 Å². The summed E-state index contributed by atoms with van der Waals surface area (Å²) in [6.07, 6.45) is -2.55. The van der Waals surface area contributed by atoms with Crippen LogP contribution >= 0.6 is 11.6 Å². The molecule has 0 aliphatic heterocycles. The summed E-state index contributed by atoms with van der Waals surface area (Å²) in [5.41, 5.74) is -0.0168. The third kappa shape index (κ3) is 2.91. The van der Waals surface area contributed by atoms with E-state index in [-0.39, 0.29) is 30.1 Å². The molecular formula is C9H11ClF2N2O2. The van der Waals surface area contributed by atoms with E-state index in [2.05, 4.69) is 5.10 Å². The number of hydrogen-bond acceptors (Lipinski definition) is 2. The molecule has 7 heteroatoms. The Morgan fingerprint density at radius 1 is 1.62 bits per heavy atom. The summed E-state index contributed by atoms with van der Waals surface area (Å²) in [5.74, 6) is -0.964. The maximum atomic E-state index is 12.6. The first-order valence-electron chi connectivity index (χ1n) is 4.66. The zero-order valence-corrected chi connectivity index (χ0v) is 9.34. The summed E-state index contributed by atoms with van der Waals surface area (Å²) in [7, 11) is 0. The van der Waals surface area contributed by atoms with Crippen molar-refractivity contribution in [2.75, 3.05) is 0 Å². The quantitative estimate of drug-likeness (QED) is 0.876. The van der Waals surface area contributed by atoms with Gasteiger partial charge in [0.2, 0.25) is 0 Å². The van der Waals surface area contributed by atoms with Crippen LogP contribution in [0.1, 0.15) is 30.7 Å². The number of aryl methyl sites for hydroxylation is 2. The molecule has 0 saturated heterocycles. The molecule has 4 nitrogen and oxygen atoms in total. The molecule has 1 aromatic heterocycles. The monoisotopic (exact) mass is 252 g/mol. The summed E-state index contributed by atoms with van der Waals surface area (Å²) < 4.78 is 26.3. The summed E-state index contributed by atoms with van der Waals surface area (Å²) >= 11 is 5.67. The molecule has 1 N–H and O–H groups in total. The van der Waals surface area contributed by atoms with Crippen LogP contribution in [0.3, 0.4) is 0 Å². The minimum atomic E-state index is -2.71. The van der Waals surface area contributed by atoms with Crippen molar-refractivity contribution < 1.29 is 18.7 Å². The molecule has 0 fully saturated rings. The molecule has 0 atom stereocenters. The van der Waals surface area contributed by atoms with Crippen molar-refractivity contribution >= 4 is 17.6 Å². The van der Waals surface area contributed by atoms with Crippen LogP contribution in [0.25, 0.3) is 0 Å². The molecule has 16 heavy (non-hydrogen) atoms. The molecule has 90 valence electrons. The Balaban J connectivity index is 2.79. The Kier molecular flexibility index (Phi) is 4.23. The maximum absolute atomic E-state index is 12.6. The number of carboxylic acid groups (broad SMARTS) is 1. The highest BCUT2D eigenvalue weighted by molar-refractivity contribution is 6.31. The van der Waals surface area contributed by atoms with E-state index < -0.39 is 12.4 Å². The first-order valence-corrected chi connectivity index (χ1v) is 5.04. The minimum absolute atomic E-state index is 0.0506. The molecular weight excluding hydrogens is 242 g/mol. The molecule has 0 saturated carbocycles. The van der Waals surface area contributed by atoms with Crippen LogP contribution in [0, 0.1) is 6.92 Å². The van der Waals surface area contributed by atoms with Crippen LogP contribution in [-0.2, 0) is 11.3 Å². The van der Waals surface area contributed by atoms with Crippen molar-refractivity contribution in [1.82, 2.24) is 9.78 Å². The molecule has 0 unspecified atom stereocenters.